The zero-order chi connectivity index (χ0) is 13.7. The molecule has 0 aliphatic heterocycles. The van der Waals surface area contributed by atoms with E-state index in [9.17, 15) is 0 Å². The average molecular weight is 277 g/mol. The van der Waals surface area contributed by atoms with Gasteiger partial charge < -0.3 is 15.2 Å². The zero-order valence-electron chi connectivity index (χ0n) is 11.2. The minimum atomic E-state index is -0.121. The van der Waals surface area contributed by atoms with E-state index in [-0.39, 0.29) is 12.1 Å². The predicted molar refractivity (Wildman–Crippen MR) is 78.9 cm³/mol. The topological polar surface area (TPSA) is 44.5 Å². The predicted octanol–water partition coefficient (Wildman–Crippen LogP) is 3.61. The summed E-state index contributed by atoms with van der Waals surface area (Å²) in [6, 6.07) is 9.61. The second kappa shape index (κ2) is 6.59. The summed E-state index contributed by atoms with van der Waals surface area (Å²) in [6.07, 6.45) is -0.121. The molecule has 2 aromatic rings. The first-order valence-corrected chi connectivity index (χ1v) is 7.32. The number of thiophene rings is 1. The largest absolute Gasteiger partial charge is 0.494 e. The maximum atomic E-state index is 6.01. The van der Waals surface area contributed by atoms with Crippen LogP contribution in [0, 0.1) is 0 Å². The normalized spacial score (nSPS) is 13.8. The first kappa shape index (κ1) is 13.9. The Balaban J connectivity index is 2.09. The molecule has 0 saturated heterocycles. The molecule has 0 bridgehead atoms. The molecule has 4 heteroatoms. The zero-order valence-corrected chi connectivity index (χ0v) is 12.0. The van der Waals surface area contributed by atoms with Crippen LogP contribution in [0.1, 0.15) is 25.5 Å². The van der Waals surface area contributed by atoms with Crippen LogP contribution >= 0.6 is 11.3 Å². The van der Waals surface area contributed by atoms with Crippen molar-refractivity contribution in [3.63, 3.8) is 0 Å². The van der Waals surface area contributed by atoms with E-state index in [1.807, 2.05) is 49.6 Å². The Kier molecular flexibility index (Phi) is 4.82. The van der Waals surface area contributed by atoms with Crippen molar-refractivity contribution in [2.75, 3.05) is 6.61 Å². The van der Waals surface area contributed by atoms with Gasteiger partial charge in [-0.1, -0.05) is 0 Å². The first-order chi connectivity index (χ1) is 9.20. The number of ether oxygens (including phenoxy) is 2. The fraction of sp³-hybridized carbons (Fsp3) is 0.333. The van der Waals surface area contributed by atoms with E-state index in [4.69, 9.17) is 15.2 Å². The number of rotatable bonds is 6. The lowest BCUT2D eigenvalue weighted by molar-refractivity contribution is 0.180. The molecule has 0 amide bonds. The molecule has 0 aliphatic carbocycles. The maximum Gasteiger partial charge on any atom is 0.139 e. The summed E-state index contributed by atoms with van der Waals surface area (Å²) in [5, 5.41) is 4.11. The molecule has 2 N–H and O–H groups in total. The van der Waals surface area contributed by atoms with Crippen molar-refractivity contribution in [2.24, 2.45) is 5.73 Å². The highest BCUT2D eigenvalue weighted by molar-refractivity contribution is 7.07. The molecule has 3 nitrogen and oxygen atoms in total. The lowest BCUT2D eigenvalue weighted by Crippen LogP contribution is -2.28. The van der Waals surface area contributed by atoms with Gasteiger partial charge in [0.2, 0.25) is 0 Å². The van der Waals surface area contributed by atoms with Crippen LogP contribution in [0.2, 0.25) is 0 Å². The van der Waals surface area contributed by atoms with Gasteiger partial charge in [-0.3, -0.25) is 0 Å². The van der Waals surface area contributed by atoms with Crippen molar-refractivity contribution in [1.82, 2.24) is 0 Å². The summed E-state index contributed by atoms with van der Waals surface area (Å²) >= 11 is 1.65. The average Bonchev–Trinajstić information content (AvgIpc) is 2.91. The molecule has 102 valence electrons. The lowest BCUT2D eigenvalue weighted by atomic mass is 10.1. The summed E-state index contributed by atoms with van der Waals surface area (Å²) in [4.78, 5) is 0. The van der Waals surface area contributed by atoms with E-state index in [2.05, 4.69) is 5.38 Å². The van der Waals surface area contributed by atoms with E-state index in [0.717, 1.165) is 17.1 Å². The maximum absolute atomic E-state index is 6.01. The Bertz CT molecular complexity index is 479. The standard InChI is InChI=1S/C15H19NO2S/c1-3-17-13-4-6-14(7-5-13)18-15(11(2)16)12-8-9-19-10-12/h4-11,15H,3,16H2,1-2H3. The minimum Gasteiger partial charge on any atom is -0.494 e. The third kappa shape index (κ3) is 3.72. The fourth-order valence-electron chi connectivity index (χ4n) is 1.84. The van der Waals surface area contributed by atoms with E-state index < -0.39 is 0 Å². The molecule has 19 heavy (non-hydrogen) atoms. The van der Waals surface area contributed by atoms with Gasteiger partial charge in [-0.15, -0.1) is 0 Å². The van der Waals surface area contributed by atoms with Gasteiger partial charge in [-0.05, 0) is 54.9 Å². The van der Waals surface area contributed by atoms with Crippen LogP contribution in [0.5, 0.6) is 11.5 Å². The SMILES string of the molecule is CCOc1ccc(OC(c2ccsc2)C(C)N)cc1. The molecule has 0 aliphatic rings. The highest BCUT2D eigenvalue weighted by atomic mass is 32.1. The summed E-state index contributed by atoms with van der Waals surface area (Å²) in [7, 11) is 0. The quantitative estimate of drug-likeness (QED) is 0.877. The monoisotopic (exact) mass is 277 g/mol. The highest BCUT2D eigenvalue weighted by Crippen LogP contribution is 2.27. The van der Waals surface area contributed by atoms with Crippen molar-refractivity contribution >= 4 is 11.3 Å². The summed E-state index contributed by atoms with van der Waals surface area (Å²) in [6.45, 7) is 4.58. The number of hydrogen-bond acceptors (Lipinski definition) is 4. The molecule has 1 aromatic heterocycles. The van der Waals surface area contributed by atoms with Gasteiger partial charge in [0.25, 0.3) is 0 Å². The van der Waals surface area contributed by atoms with Crippen LogP contribution in [0.15, 0.2) is 41.1 Å². The number of benzene rings is 1. The van der Waals surface area contributed by atoms with Crippen LogP contribution in [-0.4, -0.2) is 12.6 Å². The third-order valence-corrected chi connectivity index (χ3v) is 3.45. The van der Waals surface area contributed by atoms with Crippen molar-refractivity contribution in [1.29, 1.82) is 0 Å². The Hall–Kier alpha value is -1.52. The molecule has 2 atom stereocenters. The van der Waals surface area contributed by atoms with Crippen LogP contribution < -0.4 is 15.2 Å². The van der Waals surface area contributed by atoms with Crippen molar-refractivity contribution in [3.8, 4) is 11.5 Å². The van der Waals surface area contributed by atoms with Crippen molar-refractivity contribution < 1.29 is 9.47 Å². The van der Waals surface area contributed by atoms with Gasteiger partial charge in [-0.25, -0.2) is 0 Å². The van der Waals surface area contributed by atoms with Crippen LogP contribution in [0.25, 0.3) is 0 Å². The van der Waals surface area contributed by atoms with Gasteiger partial charge in [-0.2, -0.15) is 11.3 Å². The van der Waals surface area contributed by atoms with Crippen LogP contribution in [-0.2, 0) is 0 Å². The second-order valence-corrected chi connectivity index (χ2v) is 5.14. The van der Waals surface area contributed by atoms with Crippen LogP contribution in [0.4, 0.5) is 0 Å². The van der Waals surface area contributed by atoms with E-state index in [0.29, 0.717) is 6.61 Å². The summed E-state index contributed by atoms with van der Waals surface area (Å²) in [5.74, 6) is 1.65. The number of hydrogen-bond donors (Lipinski definition) is 1. The van der Waals surface area contributed by atoms with Gasteiger partial charge in [0.15, 0.2) is 0 Å². The van der Waals surface area contributed by atoms with Gasteiger partial charge >= 0.3 is 0 Å². The highest BCUT2D eigenvalue weighted by Gasteiger charge is 2.18. The van der Waals surface area contributed by atoms with Crippen LogP contribution in [0.3, 0.4) is 0 Å². The summed E-state index contributed by atoms with van der Waals surface area (Å²) in [5.41, 5.74) is 7.13. The van der Waals surface area contributed by atoms with Gasteiger partial charge in [0.1, 0.15) is 17.6 Å². The van der Waals surface area contributed by atoms with Crippen molar-refractivity contribution in [2.45, 2.75) is 26.0 Å². The molecule has 0 spiro atoms. The minimum absolute atomic E-state index is 0.0684. The molecule has 0 radical (unpaired) electrons. The second-order valence-electron chi connectivity index (χ2n) is 4.36. The molecule has 0 fully saturated rings. The molecular formula is C15H19NO2S. The van der Waals surface area contributed by atoms with E-state index in [1.54, 1.807) is 11.3 Å². The molecule has 2 rings (SSSR count). The molecule has 1 aromatic carbocycles. The Morgan fingerprint density at radius 1 is 1.16 bits per heavy atom. The van der Waals surface area contributed by atoms with E-state index in [1.165, 1.54) is 0 Å². The Labute approximate surface area is 118 Å². The fourth-order valence-corrected chi connectivity index (χ4v) is 2.53. The molecule has 1 heterocycles. The Morgan fingerprint density at radius 2 is 1.84 bits per heavy atom. The molecule has 2 unspecified atom stereocenters. The Morgan fingerprint density at radius 3 is 2.37 bits per heavy atom. The first-order valence-electron chi connectivity index (χ1n) is 6.38. The smallest absolute Gasteiger partial charge is 0.139 e. The molecular weight excluding hydrogens is 258 g/mol. The molecule has 0 saturated carbocycles. The third-order valence-electron chi connectivity index (χ3n) is 2.75. The lowest BCUT2D eigenvalue weighted by Gasteiger charge is -2.22. The number of nitrogens with two attached hydrogens (primary N) is 1. The van der Waals surface area contributed by atoms with Gasteiger partial charge in [0, 0.05) is 11.6 Å². The van der Waals surface area contributed by atoms with E-state index >= 15 is 0 Å². The van der Waals surface area contributed by atoms with Crippen molar-refractivity contribution in [3.05, 3.63) is 46.7 Å². The van der Waals surface area contributed by atoms with Gasteiger partial charge in [0.05, 0.1) is 6.61 Å². The summed E-state index contributed by atoms with van der Waals surface area (Å²) < 4.78 is 11.4.